The molecule has 0 spiro atoms. The van der Waals surface area contributed by atoms with E-state index in [0.29, 0.717) is 16.3 Å². The molecule has 0 saturated heterocycles. The molecule has 0 aliphatic rings. The fourth-order valence-electron chi connectivity index (χ4n) is 1.59. The summed E-state index contributed by atoms with van der Waals surface area (Å²) >= 11 is 1.34. The Balaban J connectivity index is 2.08. The monoisotopic (exact) mass is 304 g/mol. The van der Waals surface area contributed by atoms with Crippen molar-refractivity contribution in [1.82, 2.24) is 0 Å². The van der Waals surface area contributed by atoms with Gasteiger partial charge in [0.15, 0.2) is 0 Å². The molecule has 0 fully saturated rings. The van der Waals surface area contributed by atoms with E-state index in [4.69, 9.17) is 0 Å². The summed E-state index contributed by atoms with van der Waals surface area (Å²) < 4.78 is 0. The Morgan fingerprint density at radius 2 is 1.95 bits per heavy atom. The third-order valence-electron chi connectivity index (χ3n) is 2.78. The summed E-state index contributed by atoms with van der Waals surface area (Å²) in [6, 6.07) is 8.10. The van der Waals surface area contributed by atoms with Crippen molar-refractivity contribution in [3.63, 3.8) is 0 Å². The number of phenols is 1. The topological polar surface area (TPSA) is 78.4 Å². The van der Waals surface area contributed by atoms with Gasteiger partial charge in [-0.25, -0.2) is 0 Å². The number of amides is 2. The van der Waals surface area contributed by atoms with E-state index < -0.39 is 0 Å². The van der Waals surface area contributed by atoms with Crippen LogP contribution in [-0.4, -0.2) is 16.9 Å². The maximum atomic E-state index is 11.9. The lowest BCUT2D eigenvalue weighted by Gasteiger charge is -2.11. The second kappa shape index (κ2) is 6.41. The van der Waals surface area contributed by atoms with Crippen LogP contribution >= 0.6 is 11.3 Å². The van der Waals surface area contributed by atoms with Crippen LogP contribution in [0.1, 0.15) is 23.5 Å². The lowest BCUT2D eigenvalue weighted by molar-refractivity contribution is -0.118. The molecular formula is C15H16N2O3S. The average molecular weight is 304 g/mol. The van der Waals surface area contributed by atoms with Gasteiger partial charge in [-0.1, -0.05) is 19.9 Å². The van der Waals surface area contributed by atoms with E-state index in [-0.39, 0.29) is 23.5 Å². The number of carbonyl (C=O) groups excluding carboxylic acids is 2. The number of hydrogen-bond acceptors (Lipinski definition) is 4. The Morgan fingerprint density at radius 3 is 2.52 bits per heavy atom. The first-order chi connectivity index (χ1) is 9.97. The SMILES string of the molecule is CC(C)C(=O)Nc1ccc(NC(=O)c2cccs2)cc1O. The van der Waals surface area contributed by atoms with Crippen LogP contribution in [0.2, 0.25) is 0 Å². The molecule has 0 unspecified atom stereocenters. The molecule has 3 N–H and O–H groups in total. The van der Waals surface area contributed by atoms with Gasteiger partial charge in [0.2, 0.25) is 5.91 Å². The van der Waals surface area contributed by atoms with E-state index in [0.717, 1.165) is 0 Å². The van der Waals surface area contributed by atoms with Gasteiger partial charge in [0, 0.05) is 17.7 Å². The number of phenolic OH excluding ortho intramolecular Hbond substituents is 1. The van der Waals surface area contributed by atoms with E-state index in [2.05, 4.69) is 10.6 Å². The maximum Gasteiger partial charge on any atom is 0.265 e. The van der Waals surface area contributed by atoms with Crippen LogP contribution in [0.4, 0.5) is 11.4 Å². The molecule has 6 heteroatoms. The first-order valence-electron chi connectivity index (χ1n) is 6.46. The molecule has 0 bridgehead atoms. The predicted octanol–water partition coefficient (Wildman–Crippen LogP) is 3.30. The first kappa shape index (κ1) is 15.1. The predicted molar refractivity (Wildman–Crippen MR) is 83.8 cm³/mol. The van der Waals surface area contributed by atoms with Crippen molar-refractivity contribution in [2.75, 3.05) is 10.6 Å². The number of hydrogen-bond donors (Lipinski definition) is 3. The number of nitrogens with one attached hydrogen (secondary N) is 2. The molecule has 21 heavy (non-hydrogen) atoms. The summed E-state index contributed by atoms with van der Waals surface area (Å²) in [5, 5.41) is 17.0. The molecule has 0 radical (unpaired) electrons. The minimum atomic E-state index is -0.233. The Morgan fingerprint density at radius 1 is 1.19 bits per heavy atom. The highest BCUT2D eigenvalue weighted by molar-refractivity contribution is 7.12. The van der Waals surface area contributed by atoms with Crippen LogP contribution in [-0.2, 0) is 4.79 Å². The van der Waals surface area contributed by atoms with Gasteiger partial charge in [0.1, 0.15) is 5.75 Å². The fraction of sp³-hybridized carbons (Fsp3) is 0.200. The van der Waals surface area contributed by atoms with Crippen molar-refractivity contribution < 1.29 is 14.7 Å². The van der Waals surface area contributed by atoms with Crippen molar-refractivity contribution in [1.29, 1.82) is 0 Å². The molecule has 5 nitrogen and oxygen atoms in total. The highest BCUT2D eigenvalue weighted by atomic mass is 32.1. The number of anilines is 2. The molecule has 1 aromatic carbocycles. The van der Waals surface area contributed by atoms with Gasteiger partial charge in [0.05, 0.1) is 10.6 Å². The first-order valence-corrected chi connectivity index (χ1v) is 7.34. The highest BCUT2D eigenvalue weighted by Crippen LogP contribution is 2.27. The summed E-state index contributed by atoms with van der Waals surface area (Å²) in [6.45, 7) is 3.53. The van der Waals surface area contributed by atoms with E-state index in [9.17, 15) is 14.7 Å². The second-order valence-corrected chi connectivity index (χ2v) is 5.75. The van der Waals surface area contributed by atoms with Gasteiger partial charge >= 0.3 is 0 Å². The van der Waals surface area contributed by atoms with Crippen molar-refractivity contribution in [3.8, 4) is 5.75 Å². The lowest BCUT2D eigenvalue weighted by atomic mass is 10.2. The zero-order chi connectivity index (χ0) is 15.4. The molecule has 0 atom stereocenters. The molecular weight excluding hydrogens is 288 g/mol. The number of rotatable bonds is 4. The third kappa shape index (κ3) is 3.82. The van der Waals surface area contributed by atoms with Gasteiger partial charge < -0.3 is 15.7 Å². The van der Waals surface area contributed by atoms with Crippen LogP contribution in [0.15, 0.2) is 35.7 Å². The molecule has 0 aliphatic heterocycles. The average Bonchev–Trinajstić information content (AvgIpc) is 2.95. The van der Waals surface area contributed by atoms with Crippen LogP contribution in [0.3, 0.4) is 0 Å². The van der Waals surface area contributed by atoms with Crippen molar-refractivity contribution >= 4 is 34.5 Å². The number of thiophene rings is 1. The third-order valence-corrected chi connectivity index (χ3v) is 3.65. The summed E-state index contributed by atoms with van der Waals surface area (Å²) in [4.78, 5) is 24.1. The van der Waals surface area contributed by atoms with E-state index in [1.807, 2.05) is 5.38 Å². The Bertz CT molecular complexity index is 651. The van der Waals surface area contributed by atoms with Crippen LogP contribution in [0.5, 0.6) is 5.75 Å². The van der Waals surface area contributed by atoms with Gasteiger partial charge in [-0.05, 0) is 23.6 Å². The van der Waals surface area contributed by atoms with Crippen LogP contribution in [0.25, 0.3) is 0 Å². The summed E-state index contributed by atoms with van der Waals surface area (Å²) in [6.07, 6.45) is 0. The minimum Gasteiger partial charge on any atom is -0.506 e. The molecule has 0 saturated carbocycles. The smallest absolute Gasteiger partial charge is 0.265 e. The minimum absolute atomic E-state index is 0.0898. The van der Waals surface area contributed by atoms with Crippen molar-refractivity contribution in [2.24, 2.45) is 5.92 Å². The lowest BCUT2D eigenvalue weighted by Crippen LogP contribution is -2.17. The van der Waals surface area contributed by atoms with Crippen molar-refractivity contribution in [2.45, 2.75) is 13.8 Å². The number of aromatic hydroxyl groups is 1. The summed E-state index contributed by atoms with van der Waals surface area (Å²) in [7, 11) is 0. The molecule has 0 aliphatic carbocycles. The van der Waals surface area contributed by atoms with E-state index in [1.165, 1.54) is 17.4 Å². The Labute approximate surface area is 126 Å². The van der Waals surface area contributed by atoms with E-state index in [1.54, 1.807) is 38.1 Å². The second-order valence-electron chi connectivity index (χ2n) is 4.81. The van der Waals surface area contributed by atoms with Crippen molar-refractivity contribution in [3.05, 3.63) is 40.6 Å². The fourth-order valence-corrected chi connectivity index (χ4v) is 2.21. The maximum absolute atomic E-state index is 11.9. The summed E-state index contributed by atoms with van der Waals surface area (Å²) in [5.41, 5.74) is 0.788. The van der Waals surface area contributed by atoms with Gasteiger partial charge in [-0.15, -0.1) is 11.3 Å². The molecule has 2 rings (SSSR count). The molecule has 1 heterocycles. The summed E-state index contributed by atoms with van der Waals surface area (Å²) in [5.74, 6) is -0.681. The molecule has 2 aromatic rings. The van der Waals surface area contributed by atoms with Crippen LogP contribution in [0, 0.1) is 5.92 Å². The quantitative estimate of drug-likeness (QED) is 0.758. The van der Waals surface area contributed by atoms with E-state index >= 15 is 0 Å². The Kier molecular flexibility index (Phi) is 4.59. The number of benzene rings is 1. The normalized spacial score (nSPS) is 10.4. The largest absolute Gasteiger partial charge is 0.506 e. The van der Waals surface area contributed by atoms with Gasteiger partial charge in [-0.3, -0.25) is 9.59 Å². The zero-order valence-electron chi connectivity index (χ0n) is 11.7. The van der Waals surface area contributed by atoms with Gasteiger partial charge in [-0.2, -0.15) is 0 Å². The highest BCUT2D eigenvalue weighted by Gasteiger charge is 2.12. The standard InChI is InChI=1S/C15H16N2O3S/c1-9(2)14(19)17-11-6-5-10(8-12(11)18)16-15(20)13-4-3-7-21-13/h3-9,18H,1-2H3,(H,16,20)(H,17,19). The van der Waals surface area contributed by atoms with Gasteiger partial charge in [0.25, 0.3) is 5.91 Å². The number of carbonyl (C=O) groups is 2. The molecule has 1 aromatic heterocycles. The van der Waals surface area contributed by atoms with Crippen LogP contribution < -0.4 is 10.6 Å². The molecule has 2 amide bonds. The molecule has 110 valence electrons. The Hall–Kier alpha value is -2.34. The zero-order valence-corrected chi connectivity index (χ0v) is 12.5.